The first-order valence-electron chi connectivity index (χ1n) is 9.12. The quantitative estimate of drug-likeness (QED) is 0.457. The van der Waals surface area contributed by atoms with Gasteiger partial charge in [0.05, 0.1) is 11.9 Å². The molecule has 1 heterocycles. The van der Waals surface area contributed by atoms with E-state index in [1.54, 1.807) is 6.07 Å². The zero-order chi connectivity index (χ0) is 19.9. The monoisotopic (exact) mass is 403 g/mol. The first-order valence-corrected chi connectivity index (χ1v) is 9.53. The Bertz CT molecular complexity index is 844. The van der Waals surface area contributed by atoms with Crippen LogP contribution in [0.2, 0.25) is 0 Å². The fourth-order valence-electron chi connectivity index (χ4n) is 3.28. The number of anilines is 1. The van der Waals surface area contributed by atoms with Crippen molar-refractivity contribution in [2.24, 2.45) is 10.8 Å². The maximum absolute atomic E-state index is 14.6. The summed E-state index contributed by atoms with van der Waals surface area (Å²) in [5.74, 6) is -1.80. The van der Waals surface area contributed by atoms with Gasteiger partial charge >= 0.3 is 0 Å². The third kappa shape index (κ3) is 5.24. The summed E-state index contributed by atoms with van der Waals surface area (Å²) >= 11 is 4.61. The van der Waals surface area contributed by atoms with Crippen LogP contribution in [0.1, 0.15) is 17.5 Å². The highest BCUT2D eigenvalue weighted by atomic mass is 32.1. The highest BCUT2D eigenvalue weighted by Crippen LogP contribution is 2.25. The molecule has 148 valence electrons. The van der Waals surface area contributed by atoms with E-state index in [2.05, 4.69) is 39.8 Å². The van der Waals surface area contributed by atoms with Crippen molar-refractivity contribution in [1.82, 2.24) is 10.3 Å². The maximum Gasteiger partial charge on any atom is 0.184 e. The minimum atomic E-state index is -0.934. The molecule has 0 atom stereocenters. The first kappa shape index (κ1) is 20.2. The van der Waals surface area contributed by atoms with Gasteiger partial charge in [-0.1, -0.05) is 30.3 Å². The predicted octanol–water partition coefficient (Wildman–Crippen LogP) is 2.84. The van der Waals surface area contributed by atoms with Crippen molar-refractivity contribution in [2.45, 2.75) is 13.0 Å². The van der Waals surface area contributed by atoms with Gasteiger partial charge in [-0.15, -0.1) is 0 Å². The van der Waals surface area contributed by atoms with Gasteiger partial charge in [-0.05, 0) is 36.3 Å². The highest BCUT2D eigenvalue weighted by molar-refractivity contribution is 7.80. The molecular weight excluding hydrogens is 380 g/mol. The Labute approximate surface area is 168 Å². The molecule has 0 bridgehead atoms. The van der Waals surface area contributed by atoms with Crippen LogP contribution < -0.4 is 16.1 Å². The van der Waals surface area contributed by atoms with Gasteiger partial charge < -0.3 is 10.6 Å². The molecule has 0 spiro atoms. The molecule has 8 heteroatoms. The molecule has 0 aromatic heterocycles. The number of hydrogen-bond acceptors (Lipinski definition) is 4. The van der Waals surface area contributed by atoms with E-state index in [9.17, 15) is 8.78 Å². The van der Waals surface area contributed by atoms with Gasteiger partial charge in [0.15, 0.2) is 16.7 Å². The normalized spacial score (nSPS) is 15.6. The molecule has 1 aliphatic heterocycles. The second-order valence-electron chi connectivity index (χ2n) is 6.64. The second-order valence-corrected chi connectivity index (χ2v) is 7.08. The van der Waals surface area contributed by atoms with Crippen LogP contribution in [-0.2, 0) is 6.54 Å². The summed E-state index contributed by atoms with van der Waals surface area (Å²) < 4.78 is 29.1. The maximum atomic E-state index is 14.6. The lowest BCUT2D eigenvalue weighted by atomic mass is 10.1. The molecule has 1 fully saturated rings. The van der Waals surface area contributed by atoms with E-state index < -0.39 is 11.6 Å². The van der Waals surface area contributed by atoms with E-state index >= 15 is 0 Å². The number of nitrogens with two attached hydrogens (primary N) is 1. The highest BCUT2D eigenvalue weighted by Gasteiger charge is 2.21. The van der Waals surface area contributed by atoms with Crippen molar-refractivity contribution in [1.29, 1.82) is 0 Å². The van der Waals surface area contributed by atoms with Gasteiger partial charge in [0.25, 0.3) is 0 Å². The number of rotatable bonds is 5. The molecule has 0 unspecified atom stereocenters. The average Bonchev–Trinajstić information content (AvgIpc) is 2.91. The third-order valence-corrected chi connectivity index (χ3v) is 4.74. The van der Waals surface area contributed by atoms with Crippen molar-refractivity contribution in [2.75, 3.05) is 31.1 Å². The van der Waals surface area contributed by atoms with Crippen LogP contribution in [0.5, 0.6) is 0 Å². The number of hydrazone groups is 1. The fraction of sp³-hybridized carbons (Fsp3) is 0.300. The Morgan fingerprint density at radius 3 is 2.61 bits per heavy atom. The molecule has 1 saturated heterocycles. The lowest BCUT2D eigenvalue weighted by Crippen LogP contribution is -2.31. The SMILES string of the molecule is NC(=S)N/N=C/c1ccc(N2CCCN(Cc3ccccc3)CC2)c(F)c1F. The van der Waals surface area contributed by atoms with Crippen molar-refractivity contribution >= 4 is 29.2 Å². The summed E-state index contributed by atoms with van der Waals surface area (Å²) in [4.78, 5) is 4.24. The van der Waals surface area contributed by atoms with Crippen molar-refractivity contribution < 1.29 is 8.78 Å². The van der Waals surface area contributed by atoms with Gasteiger partial charge in [0.2, 0.25) is 0 Å². The van der Waals surface area contributed by atoms with Crippen molar-refractivity contribution in [3.05, 3.63) is 65.2 Å². The van der Waals surface area contributed by atoms with Crippen molar-refractivity contribution in [3.8, 4) is 0 Å². The first-order chi connectivity index (χ1) is 13.5. The Hall–Kier alpha value is -2.58. The zero-order valence-corrected chi connectivity index (χ0v) is 16.3. The average molecular weight is 404 g/mol. The summed E-state index contributed by atoms with van der Waals surface area (Å²) in [5, 5.41) is 3.64. The molecule has 5 nitrogen and oxygen atoms in total. The Kier molecular flexibility index (Phi) is 6.89. The molecule has 2 aromatic rings. The molecule has 1 aliphatic rings. The van der Waals surface area contributed by atoms with Crippen LogP contribution in [0.3, 0.4) is 0 Å². The van der Waals surface area contributed by atoms with E-state index in [1.807, 2.05) is 23.1 Å². The molecule has 28 heavy (non-hydrogen) atoms. The Morgan fingerprint density at radius 2 is 1.86 bits per heavy atom. The second kappa shape index (κ2) is 9.57. The van der Waals surface area contributed by atoms with E-state index in [1.165, 1.54) is 11.6 Å². The summed E-state index contributed by atoms with van der Waals surface area (Å²) in [6, 6.07) is 13.4. The smallest absolute Gasteiger partial charge is 0.184 e. The minimum absolute atomic E-state index is 0.0329. The van der Waals surface area contributed by atoms with Crippen molar-refractivity contribution in [3.63, 3.8) is 0 Å². The number of hydrogen-bond donors (Lipinski definition) is 2. The molecule has 3 N–H and O–H groups in total. The van der Waals surface area contributed by atoms with Crippen LogP contribution >= 0.6 is 12.2 Å². The standard InChI is InChI=1S/C20H23F2N5S/c21-18-16(13-24-25-20(23)28)7-8-17(19(18)22)27-10-4-9-26(11-12-27)14-15-5-2-1-3-6-15/h1-3,5-8,13H,4,9-12,14H2,(H3,23,25,28)/b24-13+. The number of nitrogens with one attached hydrogen (secondary N) is 1. The van der Waals surface area contributed by atoms with Crippen LogP contribution in [-0.4, -0.2) is 42.4 Å². The number of halogens is 2. The van der Waals surface area contributed by atoms with Crippen LogP contribution in [0.25, 0.3) is 0 Å². The van der Waals surface area contributed by atoms with Gasteiger partial charge in [0, 0.05) is 38.3 Å². The largest absolute Gasteiger partial charge is 0.375 e. The molecule has 0 aliphatic carbocycles. The van der Waals surface area contributed by atoms with E-state index in [-0.39, 0.29) is 16.4 Å². The van der Waals surface area contributed by atoms with Crippen LogP contribution in [0.4, 0.5) is 14.5 Å². The predicted molar refractivity (Wildman–Crippen MR) is 112 cm³/mol. The fourth-order valence-corrected chi connectivity index (χ4v) is 3.33. The molecule has 0 radical (unpaired) electrons. The molecule has 2 aromatic carbocycles. The summed E-state index contributed by atoms with van der Waals surface area (Å²) in [6.45, 7) is 3.89. The van der Waals surface area contributed by atoms with Crippen LogP contribution in [0.15, 0.2) is 47.6 Å². The summed E-state index contributed by atoms with van der Waals surface area (Å²) in [5.41, 5.74) is 9.14. The van der Waals surface area contributed by atoms with Gasteiger partial charge in [-0.3, -0.25) is 10.3 Å². The van der Waals surface area contributed by atoms with E-state index in [0.717, 1.165) is 32.3 Å². The van der Waals surface area contributed by atoms with Gasteiger partial charge in [-0.2, -0.15) is 5.10 Å². The number of thiocarbonyl (C=S) groups is 1. The molecule has 3 rings (SSSR count). The summed E-state index contributed by atoms with van der Waals surface area (Å²) in [6.07, 6.45) is 2.04. The zero-order valence-electron chi connectivity index (χ0n) is 15.4. The van der Waals surface area contributed by atoms with Gasteiger partial charge in [-0.25, -0.2) is 8.78 Å². The topological polar surface area (TPSA) is 56.9 Å². The Balaban J connectivity index is 1.67. The van der Waals surface area contributed by atoms with E-state index in [4.69, 9.17) is 5.73 Å². The number of benzene rings is 2. The van der Waals surface area contributed by atoms with E-state index in [0.29, 0.717) is 13.1 Å². The Morgan fingerprint density at radius 1 is 1.07 bits per heavy atom. The molecule has 0 saturated carbocycles. The molecular formula is C20H23F2N5S. The lowest BCUT2D eigenvalue weighted by Gasteiger charge is -2.24. The van der Waals surface area contributed by atoms with Gasteiger partial charge in [0.1, 0.15) is 0 Å². The number of nitrogens with zero attached hydrogens (tertiary/aromatic N) is 3. The lowest BCUT2D eigenvalue weighted by molar-refractivity contribution is 0.285. The van der Waals surface area contributed by atoms with Crippen LogP contribution in [0, 0.1) is 11.6 Å². The minimum Gasteiger partial charge on any atom is -0.375 e. The summed E-state index contributed by atoms with van der Waals surface area (Å²) in [7, 11) is 0. The molecule has 0 amide bonds. The third-order valence-electron chi connectivity index (χ3n) is 4.65.